The Balaban J connectivity index is 0.00000220. The van der Waals surface area contributed by atoms with Gasteiger partial charge in [0, 0.05) is 6.04 Å². The van der Waals surface area contributed by atoms with Gasteiger partial charge >= 0.3 is 0 Å². The van der Waals surface area contributed by atoms with Gasteiger partial charge in [-0.2, -0.15) is 0 Å². The number of hydrogen-bond acceptors (Lipinski definition) is 3. The lowest BCUT2D eigenvalue weighted by atomic mass is 9.82. The maximum Gasteiger partial charge on any atom is 0.240 e. The topological polar surface area (TPSA) is 84.2 Å². The van der Waals surface area contributed by atoms with Crippen molar-refractivity contribution >= 4 is 24.2 Å². The summed E-state index contributed by atoms with van der Waals surface area (Å²) in [5.41, 5.74) is 5.37. The Bertz CT molecular complexity index is 351. The molecule has 0 aromatic heterocycles. The van der Waals surface area contributed by atoms with Gasteiger partial charge in [0.05, 0.1) is 12.1 Å². The van der Waals surface area contributed by atoms with Crippen LogP contribution in [0.4, 0.5) is 0 Å². The number of nitrogens with one attached hydrogen (secondary N) is 2. The molecule has 0 spiro atoms. The smallest absolute Gasteiger partial charge is 0.240 e. The number of amides is 2. The molecule has 2 saturated carbocycles. The summed E-state index contributed by atoms with van der Waals surface area (Å²) < 4.78 is 0. The van der Waals surface area contributed by atoms with Gasteiger partial charge in [0.25, 0.3) is 0 Å². The molecule has 2 amide bonds. The Hall–Kier alpha value is -0.810. The first-order valence-electron chi connectivity index (χ1n) is 7.97. The molecular weight excluding hydrogens is 290 g/mol. The third kappa shape index (κ3) is 5.47. The Morgan fingerprint density at radius 3 is 2.19 bits per heavy atom. The van der Waals surface area contributed by atoms with Crippen molar-refractivity contribution in [2.75, 3.05) is 6.54 Å². The number of rotatable bonds is 4. The van der Waals surface area contributed by atoms with Gasteiger partial charge < -0.3 is 16.4 Å². The largest absolute Gasteiger partial charge is 0.352 e. The average Bonchev–Trinajstić information content (AvgIpc) is 2.46. The van der Waals surface area contributed by atoms with Crippen LogP contribution in [0.3, 0.4) is 0 Å². The molecule has 0 unspecified atom stereocenters. The van der Waals surface area contributed by atoms with Crippen LogP contribution in [0.15, 0.2) is 0 Å². The summed E-state index contributed by atoms with van der Waals surface area (Å²) in [5, 5.41) is 5.70. The second-order valence-electron chi connectivity index (χ2n) is 6.30. The Morgan fingerprint density at radius 2 is 1.57 bits per heavy atom. The highest BCUT2D eigenvalue weighted by molar-refractivity contribution is 5.90. The van der Waals surface area contributed by atoms with Crippen LogP contribution in [0.25, 0.3) is 0 Å². The second-order valence-corrected chi connectivity index (χ2v) is 6.30. The van der Waals surface area contributed by atoms with Gasteiger partial charge in [-0.1, -0.05) is 38.5 Å². The van der Waals surface area contributed by atoms with Crippen molar-refractivity contribution in [1.82, 2.24) is 10.6 Å². The van der Waals surface area contributed by atoms with Crippen molar-refractivity contribution in [3.8, 4) is 0 Å². The number of nitrogens with two attached hydrogens (primary N) is 1. The van der Waals surface area contributed by atoms with E-state index in [-0.39, 0.29) is 36.8 Å². The molecule has 5 nitrogen and oxygen atoms in total. The third-order valence-electron chi connectivity index (χ3n) is 4.58. The predicted molar refractivity (Wildman–Crippen MR) is 85.3 cm³/mol. The Labute approximate surface area is 133 Å². The molecule has 122 valence electrons. The molecule has 6 heteroatoms. The highest BCUT2D eigenvalue weighted by Gasteiger charge is 2.35. The molecular formula is C15H28ClN3O2. The number of hydrogen-bond donors (Lipinski definition) is 3. The summed E-state index contributed by atoms with van der Waals surface area (Å²) in [6, 6.07) is 0.287. The van der Waals surface area contributed by atoms with Crippen LogP contribution in [0.1, 0.15) is 64.2 Å². The molecule has 2 rings (SSSR count). The lowest BCUT2D eigenvalue weighted by Crippen LogP contribution is -2.56. The van der Waals surface area contributed by atoms with Gasteiger partial charge in [0.2, 0.25) is 11.8 Å². The zero-order valence-corrected chi connectivity index (χ0v) is 13.5. The van der Waals surface area contributed by atoms with Crippen LogP contribution in [0.5, 0.6) is 0 Å². The minimum atomic E-state index is -0.761. The number of carbonyl (C=O) groups is 2. The van der Waals surface area contributed by atoms with E-state index in [1.54, 1.807) is 0 Å². The van der Waals surface area contributed by atoms with Crippen LogP contribution in [0, 0.1) is 0 Å². The molecule has 0 heterocycles. The standard InChI is InChI=1S/C15H27N3O2.ClH/c16-15(9-5-2-6-10-15)14(20)17-11-13(19)18-12-7-3-1-4-8-12;/h12H,1-11,16H2,(H,17,20)(H,18,19);1H. The van der Waals surface area contributed by atoms with E-state index in [1.807, 2.05) is 0 Å². The summed E-state index contributed by atoms with van der Waals surface area (Å²) in [4.78, 5) is 23.9. The first-order chi connectivity index (χ1) is 9.60. The molecule has 0 atom stereocenters. The number of carbonyl (C=O) groups excluding carboxylic acids is 2. The van der Waals surface area contributed by atoms with Crippen LogP contribution >= 0.6 is 12.4 Å². The highest BCUT2D eigenvalue weighted by atomic mass is 35.5. The van der Waals surface area contributed by atoms with Crippen LogP contribution in [-0.4, -0.2) is 29.9 Å². The van der Waals surface area contributed by atoms with Crippen molar-refractivity contribution in [3.05, 3.63) is 0 Å². The summed E-state index contributed by atoms with van der Waals surface area (Å²) in [5.74, 6) is -0.263. The van der Waals surface area contributed by atoms with Gasteiger partial charge in [-0.05, 0) is 25.7 Å². The molecule has 2 aliphatic carbocycles. The summed E-state index contributed by atoms with van der Waals surface area (Å²) in [6.45, 7) is 0.0499. The Kier molecular flexibility index (Phi) is 7.46. The maximum absolute atomic E-state index is 12.1. The lowest BCUT2D eigenvalue weighted by molar-refractivity contribution is -0.130. The van der Waals surface area contributed by atoms with Crippen molar-refractivity contribution in [1.29, 1.82) is 0 Å². The SMILES string of the molecule is Cl.NC1(C(=O)NCC(=O)NC2CCCCC2)CCCCC1. The lowest BCUT2D eigenvalue weighted by Gasteiger charge is -2.31. The molecule has 0 bridgehead atoms. The minimum Gasteiger partial charge on any atom is -0.352 e. The van der Waals surface area contributed by atoms with Crippen molar-refractivity contribution < 1.29 is 9.59 Å². The predicted octanol–water partition coefficient (Wildman–Crippen LogP) is 1.63. The minimum absolute atomic E-state index is 0. The fourth-order valence-corrected chi connectivity index (χ4v) is 3.27. The summed E-state index contributed by atoms with van der Waals surface area (Å²) in [7, 11) is 0. The highest BCUT2D eigenvalue weighted by Crippen LogP contribution is 2.25. The quantitative estimate of drug-likeness (QED) is 0.737. The third-order valence-corrected chi connectivity index (χ3v) is 4.58. The molecule has 0 aromatic rings. The molecule has 0 saturated heterocycles. The monoisotopic (exact) mass is 317 g/mol. The van der Waals surface area contributed by atoms with E-state index in [0.29, 0.717) is 0 Å². The maximum atomic E-state index is 12.1. The number of halogens is 1. The molecule has 0 aliphatic heterocycles. The van der Waals surface area contributed by atoms with E-state index >= 15 is 0 Å². The fourth-order valence-electron chi connectivity index (χ4n) is 3.27. The van der Waals surface area contributed by atoms with E-state index in [1.165, 1.54) is 19.3 Å². The van der Waals surface area contributed by atoms with E-state index in [9.17, 15) is 9.59 Å². The second kappa shape index (κ2) is 8.59. The van der Waals surface area contributed by atoms with Crippen LogP contribution < -0.4 is 16.4 Å². The van der Waals surface area contributed by atoms with Crippen molar-refractivity contribution in [2.45, 2.75) is 75.8 Å². The van der Waals surface area contributed by atoms with E-state index in [4.69, 9.17) is 5.73 Å². The van der Waals surface area contributed by atoms with Gasteiger partial charge in [0.1, 0.15) is 0 Å². The fraction of sp³-hybridized carbons (Fsp3) is 0.867. The Morgan fingerprint density at radius 1 is 1.00 bits per heavy atom. The van der Waals surface area contributed by atoms with Gasteiger partial charge in [-0.15, -0.1) is 12.4 Å². The van der Waals surface area contributed by atoms with E-state index in [0.717, 1.165) is 44.9 Å². The molecule has 2 fully saturated rings. The first-order valence-corrected chi connectivity index (χ1v) is 7.97. The normalized spacial score (nSPS) is 22.0. The van der Waals surface area contributed by atoms with Gasteiger partial charge in [-0.25, -0.2) is 0 Å². The average molecular weight is 318 g/mol. The van der Waals surface area contributed by atoms with Crippen molar-refractivity contribution in [2.24, 2.45) is 5.73 Å². The summed E-state index contributed by atoms with van der Waals surface area (Å²) in [6.07, 6.45) is 10.3. The summed E-state index contributed by atoms with van der Waals surface area (Å²) >= 11 is 0. The van der Waals surface area contributed by atoms with Crippen LogP contribution in [-0.2, 0) is 9.59 Å². The zero-order chi connectivity index (χ0) is 14.4. The molecule has 4 N–H and O–H groups in total. The van der Waals surface area contributed by atoms with E-state index < -0.39 is 5.54 Å². The molecule has 0 aromatic carbocycles. The first kappa shape index (κ1) is 18.2. The zero-order valence-electron chi connectivity index (χ0n) is 12.7. The van der Waals surface area contributed by atoms with E-state index in [2.05, 4.69) is 10.6 Å². The molecule has 0 radical (unpaired) electrons. The molecule has 21 heavy (non-hydrogen) atoms. The van der Waals surface area contributed by atoms with Gasteiger partial charge in [-0.3, -0.25) is 9.59 Å². The van der Waals surface area contributed by atoms with Crippen molar-refractivity contribution in [3.63, 3.8) is 0 Å². The van der Waals surface area contributed by atoms with Gasteiger partial charge in [0.15, 0.2) is 0 Å². The van der Waals surface area contributed by atoms with Crippen LogP contribution in [0.2, 0.25) is 0 Å². The molecule has 2 aliphatic rings.